The van der Waals surface area contributed by atoms with Gasteiger partial charge in [0.2, 0.25) is 0 Å². The molecule has 0 fully saturated rings. The Morgan fingerprint density at radius 3 is 2.67 bits per heavy atom. The lowest BCUT2D eigenvalue weighted by Gasteiger charge is -2.03. The molecule has 0 aromatic carbocycles. The smallest absolute Gasteiger partial charge is 0.265 e. The Hall–Kier alpha value is -1.23. The molecular weight excluding hydrogens is 166 g/mol. The number of alkyl halides is 2. The molecule has 66 valence electrons. The minimum absolute atomic E-state index is 0.0929. The van der Waals surface area contributed by atoms with Crippen molar-refractivity contribution in [1.82, 2.24) is 4.98 Å². The number of rotatable bonds is 2. The highest BCUT2D eigenvalue weighted by Gasteiger charge is 2.09. The second-order valence-electron chi connectivity index (χ2n) is 2.26. The van der Waals surface area contributed by atoms with Gasteiger partial charge in [-0.15, -0.1) is 0 Å². The predicted octanol–water partition coefficient (Wildman–Crippen LogP) is 1.09. The number of aromatic nitrogens is 1. The summed E-state index contributed by atoms with van der Waals surface area (Å²) < 4.78 is 24.0. The topological polar surface area (TPSA) is 59.1 Å². The first-order chi connectivity index (χ1) is 5.65. The lowest BCUT2D eigenvalue weighted by atomic mass is 10.2. The summed E-state index contributed by atoms with van der Waals surface area (Å²) in [6.45, 7) is -0.338. The van der Waals surface area contributed by atoms with Crippen LogP contribution < -0.4 is 5.73 Å². The van der Waals surface area contributed by atoms with Gasteiger partial charge in [-0.3, -0.25) is 4.98 Å². The standard InChI is InChI=1S/C7H8F2N2O/c8-7(9)4-1-5(10)6(3-12)11-2-4/h1-2,7,12H,3,10H2. The van der Waals surface area contributed by atoms with Gasteiger partial charge < -0.3 is 10.8 Å². The Morgan fingerprint density at radius 2 is 2.25 bits per heavy atom. The van der Waals surface area contributed by atoms with Crippen LogP contribution in [0.15, 0.2) is 12.3 Å². The van der Waals surface area contributed by atoms with E-state index < -0.39 is 6.43 Å². The molecule has 0 amide bonds. The van der Waals surface area contributed by atoms with E-state index in [2.05, 4.69) is 4.98 Å². The number of aliphatic hydroxyl groups is 1. The third-order valence-electron chi connectivity index (χ3n) is 1.43. The number of halogens is 2. The van der Waals surface area contributed by atoms with Gasteiger partial charge in [0.15, 0.2) is 0 Å². The largest absolute Gasteiger partial charge is 0.397 e. The van der Waals surface area contributed by atoms with Crippen molar-refractivity contribution in [1.29, 1.82) is 0 Å². The maximum Gasteiger partial charge on any atom is 0.265 e. The zero-order valence-electron chi connectivity index (χ0n) is 6.17. The fourth-order valence-electron chi connectivity index (χ4n) is 0.779. The van der Waals surface area contributed by atoms with Crippen molar-refractivity contribution >= 4 is 5.69 Å². The number of pyridine rings is 1. The van der Waals surface area contributed by atoms with Crippen LogP contribution in [0, 0.1) is 0 Å². The molecule has 0 aliphatic carbocycles. The summed E-state index contributed by atoms with van der Waals surface area (Å²) in [5.74, 6) is 0. The number of anilines is 1. The average Bonchev–Trinajstić information content (AvgIpc) is 2.04. The van der Waals surface area contributed by atoms with E-state index in [0.717, 1.165) is 12.3 Å². The number of nitrogens with zero attached hydrogens (tertiary/aromatic N) is 1. The first-order valence-electron chi connectivity index (χ1n) is 3.28. The first-order valence-corrected chi connectivity index (χ1v) is 3.28. The van der Waals surface area contributed by atoms with Crippen molar-refractivity contribution in [3.63, 3.8) is 0 Å². The van der Waals surface area contributed by atoms with Crippen molar-refractivity contribution in [2.45, 2.75) is 13.0 Å². The van der Waals surface area contributed by atoms with E-state index in [9.17, 15) is 8.78 Å². The van der Waals surface area contributed by atoms with Crippen LogP contribution in [-0.2, 0) is 6.61 Å². The molecule has 0 radical (unpaired) electrons. The maximum atomic E-state index is 12.0. The van der Waals surface area contributed by atoms with Crippen LogP contribution in [0.2, 0.25) is 0 Å². The summed E-state index contributed by atoms with van der Waals surface area (Å²) in [7, 11) is 0. The van der Waals surface area contributed by atoms with Crippen molar-refractivity contribution in [3.8, 4) is 0 Å². The van der Waals surface area contributed by atoms with E-state index >= 15 is 0 Å². The molecule has 3 nitrogen and oxygen atoms in total. The second-order valence-corrected chi connectivity index (χ2v) is 2.26. The number of hydrogen-bond acceptors (Lipinski definition) is 3. The zero-order chi connectivity index (χ0) is 9.14. The Kier molecular flexibility index (Phi) is 2.54. The molecule has 0 saturated carbocycles. The Labute approximate surface area is 67.8 Å². The molecule has 0 spiro atoms. The fourth-order valence-corrected chi connectivity index (χ4v) is 0.779. The van der Waals surface area contributed by atoms with Crippen LogP contribution >= 0.6 is 0 Å². The lowest BCUT2D eigenvalue weighted by molar-refractivity contribution is 0.151. The summed E-state index contributed by atoms with van der Waals surface area (Å²) in [5, 5.41) is 8.62. The quantitative estimate of drug-likeness (QED) is 0.705. The summed E-state index contributed by atoms with van der Waals surface area (Å²) in [5.41, 5.74) is 5.40. The molecule has 1 heterocycles. The minimum atomic E-state index is -2.58. The van der Waals surface area contributed by atoms with Gasteiger partial charge >= 0.3 is 0 Å². The molecule has 3 N–H and O–H groups in total. The molecule has 0 saturated heterocycles. The van der Waals surface area contributed by atoms with Crippen LogP contribution in [0.4, 0.5) is 14.5 Å². The number of aliphatic hydroxyl groups excluding tert-OH is 1. The molecular formula is C7H8F2N2O. The van der Waals surface area contributed by atoms with Crippen LogP contribution in [0.5, 0.6) is 0 Å². The Bertz CT molecular complexity index is 278. The van der Waals surface area contributed by atoms with Gasteiger partial charge in [-0.2, -0.15) is 0 Å². The number of nitrogen functional groups attached to an aromatic ring is 1. The first kappa shape index (κ1) is 8.86. The van der Waals surface area contributed by atoms with E-state index in [1.54, 1.807) is 0 Å². The molecule has 12 heavy (non-hydrogen) atoms. The molecule has 0 atom stereocenters. The van der Waals surface area contributed by atoms with Crippen LogP contribution in [0.3, 0.4) is 0 Å². The number of hydrogen-bond donors (Lipinski definition) is 2. The van der Waals surface area contributed by atoms with E-state index in [-0.39, 0.29) is 23.6 Å². The van der Waals surface area contributed by atoms with Crippen molar-refractivity contribution < 1.29 is 13.9 Å². The van der Waals surface area contributed by atoms with Gasteiger partial charge in [0.25, 0.3) is 6.43 Å². The van der Waals surface area contributed by atoms with Gasteiger partial charge in [-0.1, -0.05) is 0 Å². The minimum Gasteiger partial charge on any atom is -0.397 e. The monoisotopic (exact) mass is 174 g/mol. The van der Waals surface area contributed by atoms with Crippen LogP contribution in [-0.4, -0.2) is 10.1 Å². The third-order valence-corrected chi connectivity index (χ3v) is 1.43. The highest BCUT2D eigenvalue weighted by Crippen LogP contribution is 2.21. The van der Waals surface area contributed by atoms with E-state index in [1.165, 1.54) is 0 Å². The van der Waals surface area contributed by atoms with Crippen molar-refractivity contribution in [3.05, 3.63) is 23.5 Å². The summed E-state index contributed by atoms with van der Waals surface area (Å²) in [4.78, 5) is 3.56. The van der Waals surface area contributed by atoms with Gasteiger partial charge in [-0.25, -0.2) is 8.78 Å². The normalized spacial score (nSPS) is 10.7. The van der Waals surface area contributed by atoms with E-state index in [4.69, 9.17) is 10.8 Å². The third kappa shape index (κ3) is 1.68. The summed E-state index contributed by atoms with van der Waals surface area (Å²) in [6.07, 6.45) is -1.57. The molecule has 1 rings (SSSR count). The zero-order valence-corrected chi connectivity index (χ0v) is 6.17. The molecule has 1 aromatic heterocycles. The maximum absolute atomic E-state index is 12.0. The molecule has 5 heteroatoms. The highest BCUT2D eigenvalue weighted by molar-refractivity contribution is 5.44. The van der Waals surface area contributed by atoms with Crippen molar-refractivity contribution in [2.24, 2.45) is 0 Å². The Balaban J connectivity index is 3.02. The van der Waals surface area contributed by atoms with E-state index in [1.807, 2.05) is 0 Å². The average molecular weight is 174 g/mol. The molecule has 0 bridgehead atoms. The second kappa shape index (κ2) is 3.44. The summed E-state index contributed by atoms with van der Waals surface area (Å²) >= 11 is 0. The predicted molar refractivity (Wildman–Crippen MR) is 39.5 cm³/mol. The molecule has 0 aliphatic heterocycles. The highest BCUT2D eigenvalue weighted by atomic mass is 19.3. The van der Waals surface area contributed by atoms with Gasteiger partial charge in [0.1, 0.15) is 0 Å². The fraction of sp³-hybridized carbons (Fsp3) is 0.286. The van der Waals surface area contributed by atoms with Gasteiger partial charge in [0, 0.05) is 11.8 Å². The van der Waals surface area contributed by atoms with E-state index in [0.29, 0.717) is 0 Å². The van der Waals surface area contributed by atoms with Crippen LogP contribution in [0.25, 0.3) is 0 Å². The lowest BCUT2D eigenvalue weighted by Crippen LogP contribution is -1.99. The summed E-state index contributed by atoms with van der Waals surface area (Å²) in [6, 6.07) is 1.11. The van der Waals surface area contributed by atoms with Crippen molar-refractivity contribution in [2.75, 3.05) is 5.73 Å². The van der Waals surface area contributed by atoms with Crippen LogP contribution in [0.1, 0.15) is 17.7 Å². The molecule has 0 aliphatic rings. The Morgan fingerprint density at radius 1 is 1.58 bits per heavy atom. The molecule has 1 aromatic rings. The SMILES string of the molecule is Nc1cc(C(F)F)cnc1CO. The molecule has 0 unspecified atom stereocenters. The van der Waals surface area contributed by atoms with Gasteiger partial charge in [0.05, 0.1) is 18.0 Å². The number of nitrogens with two attached hydrogens (primary N) is 1. The van der Waals surface area contributed by atoms with Gasteiger partial charge in [-0.05, 0) is 6.07 Å².